The third-order valence-corrected chi connectivity index (χ3v) is 3.25. The Morgan fingerprint density at radius 2 is 2.24 bits per heavy atom. The largest absolute Gasteiger partial charge is 0.493 e. The van der Waals surface area contributed by atoms with Crippen LogP contribution in [0.15, 0.2) is 40.3 Å². The summed E-state index contributed by atoms with van der Waals surface area (Å²) in [6.45, 7) is 0.340. The van der Waals surface area contributed by atoms with Gasteiger partial charge in [-0.2, -0.15) is 0 Å². The van der Waals surface area contributed by atoms with Crippen molar-refractivity contribution in [1.29, 1.82) is 0 Å². The summed E-state index contributed by atoms with van der Waals surface area (Å²) in [4.78, 5) is 28.5. The molecule has 0 aliphatic rings. The molecule has 0 aliphatic carbocycles. The monoisotopic (exact) mass is 307 g/mol. The molecule has 0 atom stereocenters. The van der Waals surface area contributed by atoms with Gasteiger partial charge >= 0.3 is 5.97 Å². The minimum atomic E-state index is -1.00. The van der Waals surface area contributed by atoms with E-state index in [-0.39, 0.29) is 16.9 Å². The van der Waals surface area contributed by atoms with Crippen molar-refractivity contribution in [3.63, 3.8) is 0 Å². The number of nitrogen functional groups attached to an aromatic ring is 1. The molecule has 110 valence electrons. The van der Waals surface area contributed by atoms with Crippen molar-refractivity contribution >= 4 is 23.5 Å². The van der Waals surface area contributed by atoms with Crippen molar-refractivity contribution in [1.82, 2.24) is 9.97 Å². The maximum absolute atomic E-state index is 11.2. The molecular formula is C13H13N3O4S. The molecule has 4 N–H and O–H groups in total. The van der Waals surface area contributed by atoms with Gasteiger partial charge < -0.3 is 20.6 Å². The predicted molar refractivity (Wildman–Crippen MR) is 78.9 cm³/mol. The van der Waals surface area contributed by atoms with Crippen LogP contribution in [-0.4, -0.2) is 33.4 Å². The molecule has 0 saturated heterocycles. The molecule has 0 amide bonds. The fourth-order valence-electron chi connectivity index (χ4n) is 1.54. The van der Waals surface area contributed by atoms with Gasteiger partial charge in [0.05, 0.1) is 12.2 Å². The van der Waals surface area contributed by atoms with E-state index in [1.54, 1.807) is 12.1 Å². The molecule has 1 aromatic carbocycles. The number of hydrogen-bond donors (Lipinski definition) is 3. The van der Waals surface area contributed by atoms with Crippen LogP contribution in [0.5, 0.6) is 5.75 Å². The van der Waals surface area contributed by atoms with E-state index in [0.717, 1.165) is 0 Å². The SMILES string of the molecule is Nc1cc(=O)[nH]c(SCCOc2cccc(C(=O)O)c2)n1. The fourth-order valence-corrected chi connectivity index (χ4v) is 2.24. The molecule has 1 aromatic heterocycles. The van der Waals surface area contributed by atoms with Crippen LogP contribution in [0.1, 0.15) is 10.4 Å². The third-order valence-electron chi connectivity index (χ3n) is 2.41. The molecule has 7 nitrogen and oxygen atoms in total. The summed E-state index contributed by atoms with van der Waals surface area (Å²) < 4.78 is 5.44. The summed E-state index contributed by atoms with van der Waals surface area (Å²) >= 11 is 1.29. The number of carbonyl (C=O) groups is 1. The van der Waals surface area contributed by atoms with E-state index in [1.807, 2.05) is 0 Å². The van der Waals surface area contributed by atoms with E-state index in [1.165, 1.54) is 30.0 Å². The number of anilines is 1. The Morgan fingerprint density at radius 3 is 2.95 bits per heavy atom. The average Bonchev–Trinajstić information content (AvgIpc) is 2.43. The maximum atomic E-state index is 11.2. The number of hydrogen-bond acceptors (Lipinski definition) is 6. The van der Waals surface area contributed by atoms with E-state index in [2.05, 4.69) is 9.97 Å². The lowest BCUT2D eigenvalue weighted by Gasteiger charge is -2.06. The lowest BCUT2D eigenvalue weighted by molar-refractivity contribution is 0.0696. The first-order valence-corrected chi connectivity index (χ1v) is 6.99. The number of rotatable bonds is 6. The van der Waals surface area contributed by atoms with Crippen molar-refractivity contribution in [2.24, 2.45) is 0 Å². The number of nitrogens with one attached hydrogen (secondary N) is 1. The highest BCUT2D eigenvalue weighted by atomic mass is 32.2. The highest BCUT2D eigenvalue weighted by Gasteiger charge is 2.04. The number of ether oxygens (including phenoxy) is 1. The highest BCUT2D eigenvalue weighted by molar-refractivity contribution is 7.99. The number of aromatic nitrogens is 2. The Labute approximate surface area is 124 Å². The summed E-state index contributed by atoms with van der Waals surface area (Å²) in [5.74, 6) is 0.168. The molecule has 8 heteroatoms. The van der Waals surface area contributed by atoms with Gasteiger partial charge in [0.15, 0.2) is 5.16 Å². The molecule has 0 bridgehead atoms. The quantitative estimate of drug-likeness (QED) is 0.417. The van der Waals surface area contributed by atoms with Crippen LogP contribution in [0.25, 0.3) is 0 Å². The average molecular weight is 307 g/mol. The molecule has 0 spiro atoms. The third kappa shape index (κ3) is 4.53. The van der Waals surface area contributed by atoms with E-state index in [9.17, 15) is 9.59 Å². The first-order valence-electron chi connectivity index (χ1n) is 6.00. The second kappa shape index (κ2) is 6.80. The van der Waals surface area contributed by atoms with Gasteiger partial charge in [-0.3, -0.25) is 4.79 Å². The summed E-state index contributed by atoms with van der Waals surface area (Å²) in [7, 11) is 0. The number of carboxylic acid groups (broad SMARTS) is 1. The van der Waals surface area contributed by atoms with Gasteiger partial charge in [0.25, 0.3) is 5.56 Å². The Balaban J connectivity index is 1.86. The minimum Gasteiger partial charge on any atom is -0.493 e. The predicted octanol–water partition coefficient (Wildman–Crippen LogP) is 1.22. The normalized spacial score (nSPS) is 10.3. The van der Waals surface area contributed by atoms with Gasteiger partial charge in [-0.05, 0) is 18.2 Å². The van der Waals surface area contributed by atoms with Gasteiger partial charge in [-0.25, -0.2) is 9.78 Å². The number of H-pyrrole nitrogens is 1. The molecule has 2 rings (SSSR count). The standard InChI is InChI=1S/C13H13N3O4S/c14-10-7-11(17)16-13(15-10)21-5-4-20-9-3-1-2-8(6-9)12(18)19/h1-3,6-7H,4-5H2,(H,18,19)(H3,14,15,16,17). The molecule has 0 fully saturated rings. The van der Waals surface area contributed by atoms with Crippen molar-refractivity contribution in [2.45, 2.75) is 5.16 Å². The number of thioether (sulfide) groups is 1. The molecular weight excluding hydrogens is 294 g/mol. The molecule has 1 heterocycles. The number of nitrogens with zero attached hydrogens (tertiary/aromatic N) is 1. The number of nitrogens with two attached hydrogens (primary N) is 1. The lowest BCUT2D eigenvalue weighted by atomic mass is 10.2. The Kier molecular flexibility index (Phi) is 4.83. The second-order valence-electron chi connectivity index (χ2n) is 4.01. The molecule has 0 aliphatic heterocycles. The summed E-state index contributed by atoms with van der Waals surface area (Å²) in [5.41, 5.74) is 5.33. The van der Waals surface area contributed by atoms with Crippen LogP contribution >= 0.6 is 11.8 Å². The van der Waals surface area contributed by atoms with Gasteiger partial charge in [-0.1, -0.05) is 17.8 Å². The topological polar surface area (TPSA) is 118 Å². The summed E-state index contributed by atoms with van der Waals surface area (Å²) in [6, 6.07) is 7.44. The van der Waals surface area contributed by atoms with Crippen molar-refractivity contribution < 1.29 is 14.6 Å². The summed E-state index contributed by atoms with van der Waals surface area (Å²) in [6.07, 6.45) is 0. The summed E-state index contributed by atoms with van der Waals surface area (Å²) in [5, 5.41) is 9.29. The molecule has 0 saturated carbocycles. The van der Waals surface area contributed by atoms with E-state index < -0.39 is 5.97 Å². The zero-order valence-corrected chi connectivity index (χ0v) is 11.7. The number of benzene rings is 1. The van der Waals surface area contributed by atoms with Crippen molar-refractivity contribution in [3.05, 3.63) is 46.2 Å². The molecule has 0 radical (unpaired) electrons. The van der Waals surface area contributed by atoms with Gasteiger partial charge in [0.1, 0.15) is 11.6 Å². The van der Waals surface area contributed by atoms with Crippen LogP contribution in [0.3, 0.4) is 0 Å². The van der Waals surface area contributed by atoms with Crippen molar-refractivity contribution in [3.8, 4) is 5.75 Å². The van der Waals surface area contributed by atoms with Crippen LogP contribution in [0, 0.1) is 0 Å². The smallest absolute Gasteiger partial charge is 0.335 e. The Bertz CT molecular complexity index is 702. The molecule has 0 unspecified atom stereocenters. The fraction of sp³-hybridized carbons (Fsp3) is 0.154. The molecule has 2 aromatic rings. The first kappa shape index (κ1) is 14.9. The first-order chi connectivity index (χ1) is 10.0. The minimum absolute atomic E-state index is 0.163. The Morgan fingerprint density at radius 1 is 1.43 bits per heavy atom. The van der Waals surface area contributed by atoms with E-state index in [0.29, 0.717) is 23.3 Å². The lowest BCUT2D eigenvalue weighted by Crippen LogP contribution is -2.10. The van der Waals surface area contributed by atoms with Crippen molar-refractivity contribution in [2.75, 3.05) is 18.1 Å². The maximum Gasteiger partial charge on any atom is 0.335 e. The molecule has 21 heavy (non-hydrogen) atoms. The second-order valence-corrected chi connectivity index (χ2v) is 5.09. The Hall–Kier alpha value is -2.48. The van der Waals surface area contributed by atoms with Crippen LogP contribution in [0.2, 0.25) is 0 Å². The zero-order chi connectivity index (χ0) is 15.2. The van der Waals surface area contributed by atoms with Gasteiger partial charge in [0, 0.05) is 11.8 Å². The zero-order valence-electron chi connectivity index (χ0n) is 10.9. The van der Waals surface area contributed by atoms with E-state index in [4.69, 9.17) is 15.6 Å². The van der Waals surface area contributed by atoms with Crippen LogP contribution in [0.4, 0.5) is 5.82 Å². The van der Waals surface area contributed by atoms with Gasteiger partial charge in [0.2, 0.25) is 0 Å². The number of carboxylic acids is 1. The number of aromatic carboxylic acids is 1. The highest BCUT2D eigenvalue weighted by Crippen LogP contribution is 2.15. The van der Waals surface area contributed by atoms with Crippen LogP contribution in [-0.2, 0) is 0 Å². The number of aromatic amines is 1. The van der Waals surface area contributed by atoms with Crippen LogP contribution < -0.4 is 16.0 Å². The van der Waals surface area contributed by atoms with Gasteiger partial charge in [-0.15, -0.1) is 0 Å². The van der Waals surface area contributed by atoms with E-state index >= 15 is 0 Å².